The molecule has 0 bridgehead atoms. The van der Waals surface area contributed by atoms with Gasteiger partial charge < -0.3 is 20.7 Å². The number of benzene rings is 3. The van der Waals surface area contributed by atoms with E-state index in [4.69, 9.17) is 27.9 Å². The predicted molar refractivity (Wildman–Crippen MR) is 199 cm³/mol. The second-order valence-electron chi connectivity index (χ2n) is 11.4. The second-order valence-corrected chi connectivity index (χ2v) is 14.7. The molecule has 1 atom stereocenters. The van der Waals surface area contributed by atoms with Crippen LogP contribution < -0.4 is 16.0 Å². The SMILES string of the molecule is COC(=O)c1c(NC(=O)C(C)Sc2cccc(NC(=O)/C(=C\c3cccc(Cl)c3Cl)NC(=O)c3ccccc3)c2)sc2c1CCCCCC2. The summed E-state index contributed by atoms with van der Waals surface area (Å²) in [6.45, 7) is 1.78. The molecular formula is C37H35Cl2N3O5S2. The van der Waals surface area contributed by atoms with Gasteiger partial charge in [-0.3, -0.25) is 14.4 Å². The molecule has 1 unspecified atom stereocenters. The Hall–Kier alpha value is -4.09. The molecule has 0 spiro atoms. The average Bonchev–Trinajstić information content (AvgIpc) is 3.41. The lowest BCUT2D eigenvalue weighted by Crippen LogP contribution is -2.30. The van der Waals surface area contributed by atoms with Crippen molar-refractivity contribution in [3.63, 3.8) is 0 Å². The van der Waals surface area contributed by atoms with E-state index in [9.17, 15) is 19.2 Å². The molecule has 3 aromatic carbocycles. The van der Waals surface area contributed by atoms with Crippen molar-refractivity contribution in [2.75, 3.05) is 17.7 Å². The third-order valence-corrected chi connectivity index (χ3v) is 11.0. The molecule has 0 saturated carbocycles. The lowest BCUT2D eigenvalue weighted by Gasteiger charge is -2.14. The summed E-state index contributed by atoms with van der Waals surface area (Å²) in [4.78, 5) is 54.7. The summed E-state index contributed by atoms with van der Waals surface area (Å²) >= 11 is 15.4. The third-order valence-electron chi connectivity index (χ3n) is 7.88. The van der Waals surface area contributed by atoms with Crippen LogP contribution >= 0.6 is 46.3 Å². The van der Waals surface area contributed by atoms with Crippen molar-refractivity contribution in [2.24, 2.45) is 0 Å². The number of hydrogen-bond acceptors (Lipinski definition) is 7. The molecule has 1 heterocycles. The number of methoxy groups -OCH3 is 1. The molecule has 1 aliphatic carbocycles. The van der Waals surface area contributed by atoms with Crippen LogP contribution in [0.4, 0.5) is 10.7 Å². The van der Waals surface area contributed by atoms with E-state index < -0.39 is 23.0 Å². The number of nitrogens with one attached hydrogen (secondary N) is 3. The molecule has 0 radical (unpaired) electrons. The summed E-state index contributed by atoms with van der Waals surface area (Å²) in [7, 11) is 1.35. The van der Waals surface area contributed by atoms with E-state index >= 15 is 0 Å². The Morgan fingerprint density at radius 1 is 0.898 bits per heavy atom. The van der Waals surface area contributed by atoms with Crippen LogP contribution in [0.25, 0.3) is 6.08 Å². The van der Waals surface area contributed by atoms with Crippen LogP contribution in [0.5, 0.6) is 0 Å². The standard InChI is InChI=1S/C37H35Cl2N3O5S2/c1-22(33(43)42-36-31(37(46)47-2)27-17-8-3-4-9-19-30(27)49-36)48-26-16-11-15-25(21-26)40-35(45)29(20-24-14-10-18-28(38)32(24)39)41-34(44)23-12-6-5-7-13-23/h5-7,10-16,18,20-22H,3-4,8-9,17,19H2,1-2H3,(H,40,45)(H,41,44)(H,42,43)/b29-20+. The Balaban J connectivity index is 1.31. The number of carbonyl (C=O) groups excluding carboxylic acids is 4. The van der Waals surface area contributed by atoms with Crippen LogP contribution in [-0.2, 0) is 27.2 Å². The predicted octanol–water partition coefficient (Wildman–Crippen LogP) is 9.03. The number of hydrogen-bond donors (Lipinski definition) is 3. The normalized spacial score (nSPS) is 13.7. The van der Waals surface area contributed by atoms with Gasteiger partial charge in [-0.25, -0.2) is 4.79 Å². The molecule has 3 N–H and O–H groups in total. The Bertz CT molecular complexity index is 1890. The number of esters is 1. The first-order valence-corrected chi connectivity index (χ1v) is 18.2. The monoisotopic (exact) mass is 735 g/mol. The highest BCUT2D eigenvalue weighted by molar-refractivity contribution is 8.00. The molecule has 8 nitrogen and oxygen atoms in total. The molecule has 1 aromatic heterocycles. The van der Waals surface area contributed by atoms with Crippen molar-refractivity contribution in [2.45, 2.75) is 55.6 Å². The van der Waals surface area contributed by atoms with E-state index in [0.717, 1.165) is 53.9 Å². The first kappa shape index (κ1) is 36.2. The van der Waals surface area contributed by atoms with Crippen molar-refractivity contribution >= 4 is 86.8 Å². The Labute approximate surface area is 303 Å². The Morgan fingerprint density at radius 2 is 1.63 bits per heavy atom. The van der Waals surface area contributed by atoms with Gasteiger partial charge in [0.1, 0.15) is 10.7 Å². The summed E-state index contributed by atoms with van der Waals surface area (Å²) in [5, 5.41) is 9.05. The molecule has 5 rings (SSSR count). The summed E-state index contributed by atoms with van der Waals surface area (Å²) in [6, 6.07) is 20.6. The largest absolute Gasteiger partial charge is 0.465 e. The van der Waals surface area contributed by atoms with Crippen LogP contribution in [-0.4, -0.2) is 36.1 Å². The molecule has 0 fully saturated rings. The molecule has 49 heavy (non-hydrogen) atoms. The van der Waals surface area contributed by atoms with Gasteiger partial charge in [0, 0.05) is 21.0 Å². The van der Waals surface area contributed by atoms with Gasteiger partial charge in [0.05, 0.1) is 28.0 Å². The lowest BCUT2D eigenvalue weighted by molar-refractivity contribution is -0.115. The van der Waals surface area contributed by atoms with E-state index in [0.29, 0.717) is 32.4 Å². The number of amides is 3. The number of carbonyl (C=O) groups is 4. The van der Waals surface area contributed by atoms with E-state index in [1.165, 1.54) is 36.3 Å². The van der Waals surface area contributed by atoms with Gasteiger partial charge in [-0.05, 0) is 86.2 Å². The van der Waals surface area contributed by atoms with Crippen LogP contribution in [0.1, 0.15) is 69.3 Å². The highest BCUT2D eigenvalue weighted by Crippen LogP contribution is 2.38. The molecule has 4 aromatic rings. The second kappa shape index (κ2) is 17.0. The fourth-order valence-electron chi connectivity index (χ4n) is 5.37. The molecule has 1 aliphatic rings. The van der Waals surface area contributed by atoms with Crippen LogP contribution in [0.3, 0.4) is 0 Å². The van der Waals surface area contributed by atoms with E-state index in [2.05, 4.69) is 16.0 Å². The molecule has 12 heteroatoms. The topological polar surface area (TPSA) is 114 Å². The Morgan fingerprint density at radius 3 is 2.39 bits per heavy atom. The number of ether oxygens (including phenoxy) is 1. The molecule has 254 valence electrons. The van der Waals surface area contributed by atoms with Gasteiger partial charge in [-0.15, -0.1) is 23.1 Å². The molecule has 0 saturated heterocycles. The van der Waals surface area contributed by atoms with E-state index in [-0.39, 0.29) is 16.6 Å². The van der Waals surface area contributed by atoms with E-state index in [1.807, 2.05) is 6.07 Å². The fourth-order valence-corrected chi connectivity index (χ4v) is 7.94. The van der Waals surface area contributed by atoms with E-state index in [1.54, 1.807) is 73.7 Å². The van der Waals surface area contributed by atoms with Crippen LogP contribution in [0, 0.1) is 0 Å². The zero-order valence-electron chi connectivity index (χ0n) is 26.9. The van der Waals surface area contributed by atoms with Gasteiger partial charge in [0.25, 0.3) is 11.8 Å². The van der Waals surface area contributed by atoms with Gasteiger partial charge in [0.15, 0.2) is 0 Å². The van der Waals surface area contributed by atoms with Crippen molar-refractivity contribution in [1.29, 1.82) is 0 Å². The smallest absolute Gasteiger partial charge is 0.341 e. The first-order valence-electron chi connectivity index (χ1n) is 15.8. The summed E-state index contributed by atoms with van der Waals surface area (Å²) in [5.41, 5.74) is 2.67. The van der Waals surface area contributed by atoms with Crippen molar-refractivity contribution in [1.82, 2.24) is 5.32 Å². The van der Waals surface area contributed by atoms with Crippen molar-refractivity contribution in [3.8, 4) is 0 Å². The number of anilines is 2. The van der Waals surface area contributed by atoms with Gasteiger partial charge in [0.2, 0.25) is 5.91 Å². The molecule has 0 aliphatic heterocycles. The average molecular weight is 737 g/mol. The molecule has 3 amide bonds. The highest BCUT2D eigenvalue weighted by atomic mass is 35.5. The minimum absolute atomic E-state index is 0.0460. The maximum Gasteiger partial charge on any atom is 0.341 e. The summed E-state index contributed by atoms with van der Waals surface area (Å²) < 4.78 is 5.10. The van der Waals surface area contributed by atoms with Gasteiger partial charge >= 0.3 is 5.97 Å². The zero-order valence-corrected chi connectivity index (χ0v) is 30.1. The summed E-state index contributed by atoms with van der Waals surface area (Å²) in [6.07, 6.45) is 7.42. The minimum Gasteiger partial charge on any atom is -0.465 e. The maximum absolute atomic E-state index is 13.6. The Kier molecular flexibility index (Phi) is 12.6. The van der Waals surface area contributed by atoms with Gasteiger partial charge in [-0.2, -0.15) is 0 Å². The number of thioether (sulfide) groups is 1. The number of thiophene rings is 1. The number of halogens is 2. The quantitative estimate of drug-likeness (QED) is 0.0851. The third kappa shape index (κ3) is 9.33. The lowest BCUT2D eigenvalue weighted by atomic mass is 9.96. The molecular weight excluding hydrogens is 701 g/mol. The van der Waals surface area contributed by atoms with Crippen molar-refractivity contribution in [3.05, 3.63) is 116 Å². The van der Waals surface area contributed by atoms with Crippen LogP contribution in [0.15, 0.2) is 83.4 Å². The number of rotatable bonds is 10. The van der Waals surface area contributed by atoms with Crippen molar-refractivity contribution < 1.29 is 23.9 Å². The minimum atomic E-state index is -0.586. The van der Waals surface area contributed by atoms with Crippen LogP contribution in [0.2, 0.25) is 10.0 Å². The first-order chi connectivity index (χ1) is 23.6. The zero-order chi connectivity index (χ0) is 34.9. The number of aryl methyl sites for hydroxylation is 1. The van der Waals surface area contributed by atoms with Gasteiger partial charge in [-0.1, -0.05) is 72.4 Å². The highest BCUT2D eigenvalue weighted by Gasteiger charge is 2.27. The maximum atomic E-state index is 13.6. The summed E-state index contributed by atoms with van der Waals surface area (Å²) in [5.74, 6) is -1.76. The number of fused-ring (bicyclic) bond motifs is 1. The fraction of sp³-hybridized carbons (Fsp3) is 0.243.